The van der Waals surface area contributed by atoms with Gasteiger partial charge in [-0.15, -0.1) is 24.0 Å². The molecule has 0 aliphatic carbocycles. The number of aromatic nitrogens is 2. The van der Waals surface area contributed by atoms with E-state index < -0.39 is 0 Å². The molecule has 8 nitrogen and oxygen atoms in total. The van der Waals surface area contributed by atoms with Gasteiger partial charge in [0.05, 0.1) is 33.0 Å². The predicted octanol–water partition coefficient (Wildman–Crippen LogP) is 3.13. The Morgan fingerprint density at radius 2 is 2.00 bits per heavy atom. The summed E-state index contributed by atoms with van der Waals surface area (Å²) < 4.78 is 18.9. The zero-order chi connectivity index (χ0) is 22.4. The normalized spacial score (nSPS) is 20.8. The van der Waals surface area contributed by atoms with Gasteiger partial charge < -0.3 is 24.4 Å². The molecule has 4 rings (SSSR count). The number of hydrogen-bond donors (Lipinski definition) is 1. The number of aliphatic imine (C=N–C) groups is 1. The third-order valence-electron chi connectivity index (χ3n) is 6.48. The first-order valence-electron chi connectivity index (χ1n) is 11.5. The number of methoxy groups -OCH3 is 1. The fourth-order valence-electron chi connectivity index (χ4n) is 4.55. The van der Waals surface area contributed by atoms with E-state index in [-0.39, 0.29) is 35.5 Å². The Kier molecular flexibility index (Phi) is 9.39. The molecule has 9 heteroatoms. The topological polar surface area (TPSA) is 73.1 Å². The summed E-state index contributed by atoms with van der Waals surface area (Å²) in [6, 6.07) is 8.45. The summed E-state index contributed by atoms with van der Waals surface area (Å²) in [5.41, 5.74) is 2.38. The van der Waals surface area contributed by atoms with E-state index in [4.69, 9.17) is 19.2 Å². The summed E-state index contributed by atoms with van der Waals surface area (Å²) >= 11 is 0. The molecular weight excluding hydrogens is 533 g/mol. The molecule has 2 aromatic rings. The number of hydrogen-bond acceptors (Lipinski definition) is 5. The van der Waals surface area contributed by atoms with Gasteiger partial charge in [-0.05, 0) is 37.5 Å². The van der Waals surface area contributed by atoms with Gasteiger partial charge in [-0.2, -0.15) is 5.10 Å². The highest BCUT2D eigenvalue weighted by atomic mass is 127. The fourth-order valence-corrected chi connectivity index (χ4v) is 4.55. The molecule has 0 radical (unpaired) electrons. The maximum absolute atomic E-state index is 6.04. The Bertz CT molecular complexity index is 896. The van der Waals surface area contributed by atoms with E-state index in [9.17, 15) is 0 Å². The van der Waals surface area contributed by atoms with E-state index in [1.165, 1.54) is 5.56 Å². The third-order valence-corrected chi connectivity index (χ3v) is 6.48. The first kappa shape index (κ1) is 25.8. The monoisotopic (exact) mass is 569 g/mol. The number of aryl methyl sites for hydroxylation is 1. The molecular formula is C24H36IN5O3. The van der Waals surface area contributed by atoms with E-state index in [0.717, 1.165) is 69.5 Å². The van der Waals surface area contributed by atoms with Crippen molar-refractivity contribution in [3.05, 3.63) is 47.8 Å². The van der Waals surface area contributed by atoms with Crippen LogP contribution >= 0.6 is 24.0 Å². The zero-order valence-corrected chi connectivity index (χ0v) is 22.2. The molecule has 1 N–H and O–H groups in total. The van der Waals surface area contributed by atoms with E-state index in [1.54, 1.807) is 7.11 Å². The molecule has 2 fully saturated rings. The molecule has 2 aliphatic rings. The Hall–Kier alpha value is -1.85. The van der Waals surface area contributed by atoms with Gasteiger partial charge in [-0.1, -0.05) is 12.1 Å². The smallest absolute Gasteiger partial charge is 0.194 e. The lowest BCUT2D eigenvalue weighted by Crippen LogP contribution is -2.49. The summed E-state index contributed by atoms with van der Waals surface area (Å²) in [7, 11) is 3.63. The lowest BCUT2D eigenvalue weighted by Gasteiger charge is -2.38. The second kappa shape index (κ2) is 12.0. The Morgan fingerprint density at radius 3 is 2.64 bits per heavy atom. The molecule has 1 unspecified atom stereocenters. The quantitative estimate of drug-likeness (QED) is 0.328. The van der Waals surface area contributed by atoms with E-state index in [1.807, 2.05) is 36.3 Å². The van der Waals surface area contributed by atoms with Crippen molar-refractivity contribution in [3.8, 4) is 5.75 Å². The van der Waals surface area contributed by atoms with Gasteiger partial charge >= 0.3 is 0 Å². The molecule has 2 saturated heterocycles. The van der Waals surface area contributed by atoms with Crippen LogP contribution in [0.1, 0.15) is 37.0 Å². The van der Waals surface area contributed by atoms with Crippen LogP contribution in [0.15, 0.2) is 41.7 Å². The average molecular weight is 569 g/mol. The lowest BCUT2D eigenvalue weighted by atomic mass is 9.74. The highest BCUT2D eigenvalue weighted by molar-refractivity contribution is 14.0. The third kappa shape index (κ3) is 6.19. The first-order chi connectivity index (χ1) is 15.6. The van der Waals surface area contributed by atoms with Crippen LogP contribution in [0.5, 0.6) is 5.75 Å². The van der Waals surface area contributed by atoms with Crippen molar-refractivity contribution < 1.29 is 14.2 Å². The number of halogens is 1. The van der Waals surface area contributed by atoms with Crippen molar-refractivity contribution in [1.29, 1.82) is 0 Å². The van der Waals surface area contributed by atoms with Crippen LogP contribution < -0.4 is 10.1 Å². The molecule has 1 atom stereocenters. The van der Waals surface area contributed by atoms with Crippen molar-refractivity contribution in [2.45, 2.75) is 31.3 Å². The first-order valence-corrected chi connectivity index (χ1v) is 11.5. The largest absolute Gasteiger partial charge is 0.497 e. The maximum atomic E-state index is 6.04. The van der Waals surface area contributed by atoms with Gasteiger partial charge in [0.2, 0.25) is 0 Å². The van der Waals surface area contributed by atoms with Crippen LogP contribution in [0.25, 0.3) is 0 Å². The Labute approximate surface area is 213 Å². The van der Waals surface area contributed by atoms with Crippen LogP contribution in [0.4, 0.5) is 0 Å². The van der Waals surface area contributed by atoms with Crippen LogP contribution in [-0.4, -0.2) is 73.7 Å². The van der Waals surface area contributed by atoms with Gasteiger partial charge in [0.25, 0.3) is 0 Å². The van der Waals surface area contributed by atoms with Crippen molar-refractivity contribution in [2.75, 3.05) is 53.1 Å². The number of nitrogens with zero attached hydrogens (tertiary/aromatic N) is 4. The maximum Gasteiger partial charge on any atom is 0.194 e. The van der Waals surface area contributed by atoms with Gasteiger partial charge in [0.15, 0.2) is 5.96 Å². The van der Waals surface area contributed by atoms with Gasteiger partial charge in [-0.25, -0.2) is 0 Å². The summed E-state index contributed by atoms with van der Waals surface area (Å²) in [6.45, 7) is 7.44. The summed E-state index contributed by atoms with van der Waals surface area (Å²) in [4.78, 5) is 7.46. The highest BCUT2D eigenvalue weighted by Gasteiger charge is 2.35. The highest BCUT2D eigenvalue weighted by Crippen LogP contribution is 2.36. The molecule has 182 valence electrons. The number of ether oxygens (including phenoxy) is 3. The van der Waals surface area contributed by atoms with Crippen LogP contribution in [0.2, 0.25) is 0 Å². The summed E-state index contributed by atoms with van der Waals surface area (Å²) in [6.07, 6.45) is 5.84. The number of rotatable bonds is 6. The van der Waals surface area contributed by atoms with Crippen LogP contribution in [0, 0.1) is 0 Å². The Morgan fingerprint density at radius 1 is 1.24 bits per heavy atom. The fraction of sp³-hybridized carbons (Fsp3) is 0.583. The summed E-state index contributed by atoms with van der Waals surface area (Å²) in [5.74, 6) is 1.83. The van der Waals surface area contributed by atoms with Crippen LogP contribution in [0.3, 0.4) is 0 Å². The molecule has 33 heavy (non-hydrogen) atoms. The number of guanidine groups is 1. The van der Waals surface area contributed by atoms with E-state index in [0.29, 0.717) is 6.61 Å². The van der Waals surface area contributed by atoms with Crippen molar-refractivity contribution in [1.82, 2.24) is 20.0 Å². The lowest BCUT2D eigenvalue weighted by molar-refractivity contribution is -0.00816. The molecule has 0 amide bonds. The average Bonchev–Trinajstić information content (AvgIpc) is 3.29. The number of nitrogens with one attached hydrogen (secondary N) is 1. The molecule has 1 aromatic heterocycles. The number of morpholine rings is 1. The second-order valence-corrected chi connectivity index (χ2v) is 8.54. The SMILES string of the molecule is CCNC(=NCC1(c2ccc(OC)cc2)CCOCC1)N1CCOC(c2cnn(C)c2)C1.I. The molecule has 2 aliphatic heterocycles. The van der Waals surface area contributed by atoms with Gasteiger partial charge in [0.1, 0.15) is 11.9 Å². The van der Waals surface area contributed by atoms with Crippen molar-refractivity contribution >= 4 is 29.9 Å². The molecule has 1 aromatic carbocycles. The zero-order valence-electron chi connectivity index (χ0n) is 19.8. The van der Waals surface area contributed by atoms with E-state index >= 15 is 0 Å². The second-order valence-electron chi connectivity index (χ2n) is 8.54. The van der Waals surface area contributed by atoms with Crippen molar-refractivity contribution in [2.24, 2.45) is 12.0 Å². The molecule has 3 heterocycles. The number of benzene rings is 1. The molecule has 0 spiro atoms. The minimum Gasteiger partial charge on any atom is -0.497 e. The minimum absolute atomic E-state index is 0. The van der Waals surface area contributed by atoms with Gasteiger partial charge in [0, 0.05) is 50.5 Å². The molecule has 0 bridgehead atoms. The van der Waals surface area contributed by atoms with Gasteiger partial charge in [-0.3, -0.25) is 9.67 Å². The molecule has 0 saturated carbocycles. The Balaban J connectivity index is 0.00000306. The van der Waals surface area contributed by atoms with Crippen molar-refractivity contribution in [3.63, 3.8) is 0 Å². The predicted molar refractivity (Wildman–Crippen MR) is 140 cm³/mol. The summed E-state index contributed by atoms with van der Waals surface area (Å²) in [5, 5.41) is 7.81. The minimum atomic E-state index is -0.0275. The van der Waals surface area contributed by atoms with Crippen LogP contribution in [-0.2, 0) is 21.9 Å². The van der Waals surface area contributed by atoms with E-state index in [2.05, 4.69) is 34.4 Å². The standard InChI is InChI=1S/C24H35N5O3.HI/c1-4-25-23(29-11-14-32-22(17-29)19-15-27-28(2)16-19)26-18-24(9-12-31-13-10-24)20-5-7-21(30-3)8-6-20;/h5-8,15-16,22H,4,9-14,17-18H2,1-3H3,(H,25,26);1H.